The zero-order valence-corrected chi connectivity index (χ0v) is 12.9. The number of carboxylic acid groups (broad SMARTS) is 1. The van der Waals surface area contributed by atoms with Crippen molar-refractivity contribution in [1.29, 1.82) is 0 Å². The molecule has 0 aromatic heterocycles. The molecule has 1 fully saturated rings. The lowest BCUT2D eigenvalue weighted by Gasteiger charge is -2.24. The first-order valence-electron chi connectivity index (χ1n) is 6.42. The van der Waals surface area contributed by atoms with Crippen LogP contribution in [0.4, 0.5) is 15.8 Å². The van der Waals surface area contributed by atoms with Crippen molar-refractivity contribution in [3.05, 3.63) is 32.5 Å². The lowest BCUT2D eigenvalue weighted by Crippen LogP contribution is -2.34. The van der Waals surface area contributed by atoms with E-state index in [1.54, 1.807) is 11.8 Å². The van der Waals surface area contributed by atoms with E-state index in [1.807, 2.05) is 0 Å². The summed E-state index contributed by atoms with van der Waals surface area (Å²) in [7, 11) is 0. The van der Waals surface area contributed by atoms with E-state index in [2.05, 4.69) is 15.9 Å². The van der Waals surface area contributed by atoms with Crippen molar-refractivity contribution in [2.45, 2.75) is 19.8 Å². The normalized spacial score (nSPS) is 21.6. The van der Waals surface area contributed by atoms with Gasteiger partial charge in [0, 0.05) is 13.1 Å². The van der Waals surface area contributed by atoms with E-state index in [0.29, 0.717) is 19.4 Å². The highest BCUT2D eigenvalue weighted by Gasteiger charge is 2.44. The molecule has 0 amide bonds. The van der Waals surface area contributed by atoms with Gasteiger partial charge in [-0.25, -0.2) is 4.39 Å². The maximum Gasteiger partial charge on any atom is 0.311 e. The van der Waals surface area contributed by atoms with E-state index in [1.165, 1.54) is 6.07 Å². The molecule has 6 nitrogen and oxygen atoms in total. The minimum Gasteiger partial charge on any atom is -0.481 e. The molecule has 21 heavy (non-hydrogen) atoms. The predicted molar refractivity (Wildman–Crippen MR) is 77.9 cm³/mol. The molecule has 1 atom stereocenters. The molecule has 0 saturated carbocycles. The molecule has 1 aliphatic rings. The summed E-state index contributed by atoms with van der Waals surface area (Å²) in [6.45, 7) is 2.35. The molecule has 0 aliphatic carbocycles. The van der Waals surface area contributed by atoms with Crippen LogP contribution in [0.1, 0.15) is 19.8 Å². The second-order valence-electron chi connectivity index (χ2n) is 5.12. The molecule has 1 aliphatic heterocycles. The Labute approximate surface area is 128 Å². The van der Waals surface area contributed by atoms with Crippen LogP contribution in [0.5, 0.6) is 0 Å². The molecular formula is C13H14BrFN2O4. The summed E-state index contributed by atoms with van der Waals surface area (Å²) in [5.74, 6) is -1.62. The summed E-state index contributed by atoms with van der Waals surface area (Å²) in [6, 6.07) is 2.19. The standard InChI is InChI=1S/C13H14BrFN2O4/c1-2-13(12(18)19)3-4-16(7-13)10-5-8(14)9(15)6-11(10)17(20)21/h5-6H,2-4,7H2,1H3,(H,18,19). The number of carboxylic acids is 1. The van der Waals surface area contributed by atoms with Gasteiger partial charge in [-0.2, -0.15) is 0 Å². The zero-order valence-electron chi connectivity index (χ0n) is 11.3. The summed E-state index contributed by atoms with van der Waals surface area (Å²) in [4.78, 5) is 23.5. The first-order valence-corrected chi connectivity index (χ1v) is 7.22. The van der Waals surface area contributed by atoms with E-state index < -0.39 is 22.1 Å². The number of anilines is 1. The van der Waals surface area contributed by atoms with Crippen molar-refractivity contribution in [2.75, 3.05) is 18.0 Å². The number of benzene rings is 1. The van der Waals surface area contributed by atoms with Crippen LogP contribution in [0.15, 0.2) is 16.6 Å². The van der Waals surface area contributed by atoms with Crippen LogP contribution >= 0.6 is 15.9 Å². The average Bonchev–Trinajstić information content (AvgIpc) is 2.86. The maximum absolute atomic E-state index is 13.5. The molecule has 1 aromatic carbocycles. The number of aliphatic carboxylic acids is 1. The molecular weight excluding hydrogens is 347 g/mol. The van der Waals surface area contributed by atoms with Gasteiger partial charge in [0.1, 0.15) is 11.5 Å². The highest BCUT2D eigenvalue weighted by atomic mass is 79.9. The van der Waals surface area contributed by atoms with Crippen molar-refractivity contribution in [3.63, 3.8) is 0 Å². The van der Waals surface area contributed by atoms with Gasteiger partial charge in [0.25, 0.3) is 5.69 Å². The third-order valence-electron chi connectivity index (χ3n) is 4.04. The van der Waals surface area contributed by atoms with E-state index in [9.17, 15) is 24.4 Å². The van der Waals surface area contributed by atoms with Gasteiger partial charge in [-0.15, -0.1) is 0 Å². The van der Waals surface area contributed by atoms with Crippen molar-refractivity contribution in [2.24, 2.45) is 5.41 Å². The van der Waals surface area contributed by atoms with Crippen molar-refractivity contribution < 1.29 is 19.2 Å². The molecule has 1 unspecified atom stereocenters. The molecule has 0 spiro atoms. The fourth-order valence-corrected chi connectivity index (χ4v) is 2.95. The van der Waals surface area contributed by atoms with E-state index in [-0.39, 0.29) is 22.4 Å². The van der Waals surface area contributed by atoms with Gasteiger partial charge in [0.15, 0.2) is 0 Å². The van der Waals surface area contributed by atoms with Gasteiger partial charge in [0.05, 0.1) is 20.9 Å². The number of halogens is 2. The quantitative estimate of drug-likeness (QED) is 0.658. The number of hydrogen-bond acceptors (Lipinski definition) is 4. The van der Waals surface area contributed by atoms with Crippen LogP contribution < -0.4 is 4.90 Å². The van der Waals surface area contributed by atoms with Crippen LogP contribution in [0.3, 0.4) is 0 Å². The molecule has 8 heteroatoms. The van der Waals surface area contributed by atoms with Crippen LogP contribution in [0, 0.1) is 21.3 Å². The topological polar surface area (TPSA) is 83.7 Å². The minimum atomic E-state index is -0.908. The van der Waals surface area contributed by atoms with E-state index in [0.717, 1.165) is 6.07 Å². The van der Waals surface area contributed by atoms with Gasteiger partial charge in [-0.3, -0.25) is 14.9 Å². The number of nitro benzene ring substituents is 1. The molecule has 114 valence electrons. The molecule has 1 saturated heterocycles. The Morgan fingerprint density at radius 3 is 2.76 bits per heavy atom. The van der Waals surface area contributed by atoms with E-state index >= 15 is 0 Å². The Morgan fingerprint density at radius 1 is 1.62 bits per heavy atom. The maximum atomic E-state index is 13.5. The number of rotatable bonds is 4. The van der Waals surface area contributed by atoms with Crippen molar-refractivity contribution >= 4 is 33.3 Å². The van der Waals surface area contributed by atoms with E-state index in [4.69, 9.17) is 0 Å². The Bertz CT molecular complexity index is 610. The molecule has 1 N–H and O–H groups in total. The Morgan fingerprint density at radius 2 is 2.29 bits per heavy atom. The molecule has 0 radical (unpaired) electrons. The Balaban J connectivity index is 2.42. The highest BCUT2D eigenvalue weighted by molar-refractivity contribution is 9.10. The number of nitro groups is 1. The van der Waals surface area contributed by atoms with Crippen LogP contribution in [-0.4, -0.2) is 29.1 Å². The Hall–Kier alpha value is -1.70. The summed E-state index contributed by atoms with van der Waals surface area (Å²) in [5.41, 5.74) is -1.02. The van der Waals surface area contributed by atoms with Gasteiger partial charge in [-0.05, 0) is 34.8 Å². The first-order chi connectivity index (χ1) is 9.80. The number of nitrogens with zero attached hydrogens (tertiary/aromatic N) is 2. The summed E-state index contributed by atoms with van der Waals surface area (Å²) < 4.78 is 13.6. The van der Waals surface area contributed by atoms with Gasteiger partial charge in [0.2, 0.25) is 0 Å². The molecule has 2 rings (SSSR count). The average molecular weight is 361 g/mol. The van der Waals surface area contributed by atoms with Crippen LogP contribution in [0.25, 0.3) is 0 Å². The predicted octanol–water partition coefficient (Wildman–Crippen LogP) is 3.19. The van der Waals surface area contributed by atoms with Crippen LogP contribution in [-0.2, 0) is 4.79 Å². The molecule has 1 heterocycles. The number of carbonyl (C=O) groups is 1. The first kappa shape index (κ1) is 15.7. The third-order valence-corrected chi connectivity index (χ3v) is 4.65. The van der Waals surface area contributed by atoms with Gasteiger partial charge < -0.3 is 10.0 Å². The zero-order chi connectivity index (χ0) is 15.8. The monoisotopic (exact) mass is 360 g/mol. The molecule has 1 aromatic rings. The second kappa shape index (κ2) is 5.59. The SMILES string of the molecule is CCC1(C(=O)O)CCN(c2cc(Br)c(F)cc2[N+](=O)[O-])C1. The molecule has 0 bridgehead atoms. The summed E-state index contributed by atoms with van der Waals surface area (Å²) in [5, 5.41) is 20.5. The highest BCUT2D eigenvalue weighted by Crippen LogP contribution is 2.41. The smallest absolute Gasteiger partial charge is 0.311 e. The second-order valence-corrected chi connectivity index (χ2v) is 5.98. The lowest BCUT2D eigenvalue weighted by molar-refractivity contribution is -0.384. The lowest BCUT2D eigenvalue weighted by atomic mass is 9.84. The summed E-state index contributed by atoms with van der Waals surface area (Å²) >= 11 is 3.01. The minimum absolute atomic E-state index is 0.118. The van der Waals surface area contributed by atoms with Gasteiger partial charge in [-0.1, -0.05) is 6.92 Å². The fraction of sp³-hybridized carbons (Fsp3) is 0.462. The fourth-order valence-electron chi connectivity index (χ4n) is 2.62. The van der Waals surface area contributed by atoms with Crippen LogP contribution in [0.2, 0.25) is 0 Å². The van der Waals surface area contributed by atoms with Crippen molar-refractivity contribution in [1.82, 2.24) is 0 Å². The van der Waals surface area contributed by atoms with Crippen molar-refractivity contribution in [3.8, 4) is 0 Å². The number of hydrogen-bond donors (Lipinski definition) is 1. The summed E-state index contributed by atoms with van der Waals surface area (Å²) in [6.07, 6.45) is 0.847. The Kier molecular flexibility index (Phi) is 4.18. The largest absolute Gasteiger partial charge is 0.481 e. The van der Waals surface area contributed by atoms with Gasteiger partial charge >= 0.3 is 5.97 Å². The third kappa shape index (κ3) is 2.72.